The Hall–Kier alpha value is -5.93. The number of hydrogen-bond donors (Lipinski definition) is 0. The third kappa shape index (κ3) is 11.9. The van der Waals surface area contributed by atoms with Crippen LogP contribution < -0.4 is 37.9 Å². The molecule has 598 valence electrons. The SMILES string of the molecule is ClCCl.[2H][B].[C-]#[N+][C@@]1(C)C[C@@]23SSS[C@](C)(C(=O)N2[C@H]1c1ccc2c(c1)OCO2)N(C)C3=O.[C-]#[N+][C@@]1(C)C[C@@]23SSS[C@](C)(C(=O)N2[C@H]1c1ccc2c(c1)OCO2)N(C)C3=O.[C-]#[N+][C@@]1(C)C[C@@]23SS[C@](C)(C(=O)N2[C@H]1c1ccc2c(c1)OCO2)N(C)C3=O.[C-]#[N+][C@@]1(C)C[C@@]23SS[C@](C)(C(=O)N2[C@H]1c1ccc2c(c1)OCO2)[N+](=C)C3=O.[U]. The maximum atomic E-state index is 13.7. The average Bonchev–Trinajstić information content (AvgIpc) is 1.54. The Labute approximate surface area is 738 Å². The molecular weight excluding hydrogens is 1940 g/mol. The zero-order valence-electron chi connectivity index (χ0n) is 64.1. The molecule has 0 unspecified atom stereocenters. The van der Waals surface area contributed by atoms with E-state index >= 15 is 0 Å². The minimum atomic E-state index is -1.11. The number of carbonyl (C=O) groups excluding carboxylic acids is 8. The van der Waals surface area contributed by atoms with E-state index in [1.807, 2.05) is 76.2 Å². The number of halogens is 2. The molecule has 8 amide bonds. The molecule has 20 heterocycles. The van der Waals surface area contributed by atoms with Crippen LogP contribution in [-0.2, 0) is 38.4 Å². The summed E-state index contributed by atoms with van der Waals surface area (Å²) in [5, 5.41) is 0.194. The Morgan fingerprint density at radius 1 is 0.409 bits per heavy atom. The van der Waals surface area contributed by atoms with E-state index in [1.54, 1.807) is 107 Å². The molecule has 0 aliphatic carbocycles. The van der Waals surface area contributed by atoms with Crippen molar-refractivity contribution < 1.29 is 112 Å². The van der Waals surface area contributed by atoms with Crippen molar-refractivity contribution in [3.05, 3.63) is 141 Å². The molecule has 16 fully saturated rings. The summed E-state index contributed by atoms with van der Waals surface area (Å²) in [5.41, 5.74) is -0.577. The predicted molar refractivity (Wildman–Crippen MR) is 442 cm³/mol. The molecule has 20 aliphatic rings. The van der Waals surface area contributed by atoms with Gasteiger partial charge in [-0.05, 0) is 177 Å². The normalized spacial score (nSPS) is 37.2. The number of fused-ring (bicyclic) bond motifs is 14. The van der Waals surface area contributed by atoms with Crippen molar-refractivity contribution in [2.75, 3.05) is 53.7 Å². The number of likely N-dealkylation sites (N-methyl/N-ethyl adjacent to an activating group) is 3. The second-order valence-electron chi connectivity index (χ2n) is 30.6. The zero-order chi connectivity index (χ0) is 82.9. The molecule has 4 spiro atoms. The second-order valence-corrected chi connectivity index (χ2v) is 46.2. The van der Waals surface area contributed by atoms with E-state index < -0.39 is 85.3 Å². The molecule has 2 radical (unpaired) electrons. The molecule has 16 atom stereocenters. The maximum absolute atomic E-state index is 13.7. The molecule has 8 bridgehead atoms. The summed E-state index contributed by atoms with van der Waals surface area (Å²) < 4.78 is 50.1. The van der Waals surface area contributed by atoms with Gasteiger partial charge in [-0.2, -0.15) is 0 Å². The number of ether oxygens (including phenoxy) is 8. The molecule has 0 N–H and O–H groups in total. The van der Waals surface area contributed by atoms with E-state index in [9.17, 15) is 38.4 Å². The summed E-state index contributed by atoms with van der Waals surface area (Å²) in [6.07, 6.45) is 1.12. The van der Waals surface area contributed by atoms with Crippen LogP contribution in [-0.4, -0.2) is 217 Å². The average molecular weight is 2010 g/mol. The summed E-state index contributed by atoms with van der Waals surface area (Å²) in [6.45, 7) is 50.4. The predicted octanol–water partition coefficient (Wildman–Crippen LogP) is 12.4. The first-order valence-electron chi connectivity index (χ1n) is 35.5. The van der Waals surface area contributed by atoms with Gasteiger partial charge in [0.2, 0.25) is 32.0 Å². The van der Waals surface area contributed by atoms with Gasteiger partial charge in [-0.15, -0.1) is 27.8 Å². The van der Waals surface area contributed by atoms with E-state index in [-0.39, 0.29) is 130 Å². The molecular formula is C73H70BCl2N12O16S10U+. The molecule has 16 saturated heterocycles. The molecule has 4 aromatic rings. The van der Waals surface area contributed by atoms with Crippen LogP contribution in [0.25, 0.3) is 19.4 Å². The Bertz CT molecular complexity index is 5010. The van der Waals surface area contributed by atoms with Crippen LogP contribution in [0, 0.1) is 57.4 Å². The Kier molecular flexibility index (Phi) is 21.5. The van der Waals surface area contributed by atoms with Gasteiger partial charge in [-0.1, -0.05) is 45.9 Å². The number of piperazine rings is 4. The number of nitrogens with zero attached hydrogens (tertiary/aromatic N) is 12. The molecule has 0 aromatic heterocycles. The van der Waals surface area contributed by atoms with E-state index in [1.165, 1.54) is 111 Å². The Balaban J connectivity index is 0.000000125. The van der Waals surface area contributed by atoms with Crippen LogP contribution >= 0.6 is 129 Å². The molecule has 24 rings (SSSR count). The summed E-state index contributed by atoms with van der Waals surface area (Å²) in [5.74, 6) is 3.85. The van der Waals surface area contributed by atoms with Crippen molar-refractivity contribution in [1.82, 2.24) is 34.3 Å². The molecule has 0 saturated carbocycles. The smallest absolute Gasteiger partial charge is 0.425 e. The van der Waals surface area contributed by atoms with Gasteiger partial charge in [-0.25, -0.2) is 31.1 Å². The maximum Gasteiger partial charge on any atom is 0.425 e. The first-order valence-corrected chi connectivity index (χ1v) is 47.2. The first kappa shape index (κ1) is 84.1. The van der Waals surface area contributed by atoms with Crippen molar-refractivity contribution in [3.63, 3.8) is 0 Å². The van der Waals surface area contributed by atoms with E-state index in [2.05, 4.69) is 34.5 Å². The van der Waals surface area contributed by atoms with E-state index in [4.69, 9.17) is 88.7 Å². The van der Waals surface area contributed by atoms with Crippen LogP contribution in [0.15, 0.2) is 72.8 Å². The van der Waals surface area contributed by atoms with Gasteiger partial charge < -0.3 is 86.7 Å². The van der Waals surface area contributed by atoms with Crippen LogP contribution in [0.4, 0.5) is 0 Å². The summed E-state index contributed by atoms with van der Waals surface area (Å²) in [6, 6.07) is 19.8. The van der Waals surface area contributed by atoms with Crippen molar-refractivity contribution in [3.8, 4) is 46.0 Å². The molecule has 4 aromatic carbocycles. The number of rotatable bonds is 4. The largest absolute Gasteiger partial charge is 0.454 e. The van der Waals surface area contributed by atoms with Crippen LogP contribution in [0.1, 0.15) is 127 Å². The third-order valence-corrected chi connectivity index (χ3v) is 41.6. The fourth-order valence-electron chi connectivity index (χ4n) is 17.8. The summed E-state index contributed by atoms with van der Waals surface area (Å²) in [7, 11) is 22.9. The first-order chi connectivity index (χ1) is 54.5. The molecule has 42 heteroatoms. The zero-order valence-corrected chi connectivity index (χ0v) is 77.0. The van der Waals surface area contributed by atoms with Gasteiger partial charge in [0.25, 0.3) is 57.6 Å². The molecule has 115 heavy (non-hydrogen) atoms. The van der Waals surface area contributed by atoms with E-state index in [0.717, 1.165) is 22.3 Å². The van der Waals surface area contributed by atoms with Crippen molar-refractivity contribution in [2.45, 2.75) is 166 Å². The fraction of sp³-hybridized carbons (Fsp3) is 0.493. The van der Waals surface area contributed by atoms with Crippen molar-refractivity contribution >= 4 is 192 Å². The fourth-order valence-corrected chi connectivity index (χ4v) is 36.8. The molecule has 20 aliphatic heterocycles. The second kappa shape index (κ2) is 29.5. The standard InChI is InChI=1S/2C18H17N3O4S3.C18H17N3O4S2.C18H16N3O4S2.CH2Cl2.BH.U/c2*1-16(19-3)8-18-15(23)20(4)17(2,26-28-27-18)14(22)21(18)13(16)10-5-6-11-12(7-10)25-9-24-11;2*1-16(19-3)8-18-15(23)20(4)17(2,26-27-18)14(22)21(18)13(16)10-5-6-11-12(7-10)25-9-24-11;2-1-3;;/h2*5-7,13H,8-9H2,1-2,4H3;5-7,13H,8-9H2,1-2,4H3;5-7,13H,4,8-9H2,1-2H3;1H2;1H;/q;;;+1;;;/t4*13-,16-,17+,18-;;;/m0000.../s1/i;;;;;1D;. The van der Waals surface area contributed by atoms with Gasteiger partial charge in [-0.3, -0.25) is 38.5 Å². The van der Waals surface area contributed by atoms with Crippen LogP contribution in [0.2, 0.25) is 0 Å². The van der Waals surface area contributed by atoms with E-state index in [0.29, 0.717) is 52.4 Å². The summed E-state index contributed by atoms with van der Waals surface area (Å²) in [4.78, 5) is 126. The topological polar surface area (TPSA) is 254 Å². The Morgan fingerprint density at radius 3 is 0.957 bits per heavy atom. The monoisotopic (exact) mass is 2010 g/mol. The number of carbonyl (C=O) groups is 8. The molecule has 28 nitrogen and oxygen atoms in total. The van der Waals surface area contributed by atoms with Gasteiger partial charge in [0.15, 0.2) is 75.2 Å². The van der Waals surface area contributed by atoms with Crippen molar-refractivity contribution in [2.24, 2.45) is 0 Å². The van der Waals surface area contributed by atoms with Gasteiger partial charge in [0.1, 0.15) is 30.9 Å². The number of amides is 8. The van der Waals surface area contributed by atoms with Gasteiger partial charge >= 0.3 is 16.7 Å². The van der Waals surface area contributed by atoms with Crippen molar-refractivity contribution in [1.29, 1.82) is 1.34 Å². The minimum absolute atomic E-state index is 0. The van der Waals surface area contributed by atoms with Crippen LogP contribution in [0.3, 0.4) is 0 Å². The summed E-state index contributed by atoms with van der Waals surface area (Å²) >= 11 is 9.53. The minimum Gasteiger partial charge on any atom is -0.454 e. The number of hydrogen-bond acceptors (Lipinski definition) is 26. The Morgan fingerprint density at radius 2 is 0.661 bits per heavy atom. The number of benzene rings is 4. The van der Waals surface area contributed by atoms with Gasteiger partial charge in [0, 0.05) is 95.3 Å². The quantitative estimate of drug-likeness (QED) is 0.0605. The third-order valence-electron chi connectivity index (χ3n) is 24.0. The number of alkyl halides is 2. The van der Waals surface area contributed by atoms with Crippen LogP contribution in [0.5, 0.6) is 46.0 Å². The van der Waals surface area contributed by atoms with Gasteiger partial charge in [0.05, 0.1) is 31.0 Å².